The third-order valence-corrected chi connectivity index (χ3v) is 4.43. The smallest absolute Gasteiger partial charge is 0.303 e. The van der Waals surface area contributed by atoms with Gasteiger partial charge < -0.3 is 5.11 Å². The predicted octanol–water partition coefficient (Wildman–Crippen LogP) is 4.89. The number of hydrogen-bond acceptors (Lipinski definition) is 4. The van der Waals surface area contributed by atoms with Crippen molar-refractivity contribution in [3.05, 3.63) is 12.2 Å². The summed E-state index contributed by atoms with van der Waals surface area (Å²) in [7, 11) is 0. The zero-order valence-corrected chi connectivity index (χ0v) is 15.0. The monoisotopic (exact) mass is 335 g/mol. The van der Waals surface area contributed by atoms with Crippen LogP contribution < -0.4 is 5.53 Å². The molecule has 0 bridgehead atoms. The average molecular weight is 335 g/mol. The van der Waals surface area contributed by atoms with Gasteiger partial charge in [0.25, 0.3) is 0 Å². The van der Waals surface area contributed by atoms with E-state index in [9.17, 15) is 4.79 Å². The van der Waals surface area contributed by atoms with Crippen LogP contribution in [-0.2, 0) is 4.79 Å². The van der Waals surface area contributed by atoms with Gasteiger partial charge in [0.05, 0.1) is 5.71 Å². The highest BCUT2D eigenvalue weighted by atomic mass is 16.4. The summed E-state index contributed by atoms with van der Waals surface area (Å²) in [6.45, 7) is 2.24. The number of allylic oxidation sites excluding steroid dienone is 2. The van der Waals surface area contributed by atoms with E-state index in [-0.39, 0.29) is 6.42 Å². The fourth-order valence-electron chi connectivity index (χ4n) is 3.02. The maximum Gasteiger partial charge on any atom is 0.303 e. The second-order valence-electron chi connectivity index (χ2n) is 6.52. The molecule has 24 heavy (non-hydrogen) atoms. The van der Waals surface area contributed by atoms with Crippen LogP contribution in [0, 0.1) is 5.92 Å². The first-order valence-electron chi connectivity index (χ1n) is 9.48. The minimum Gasteiger partial charge on any atom is -0.481 e. The standard InChI is InChI=1S/C19H33N3O2/c1-2-3-4-5-6-7-8-12-17(13-9-10-15-19(23)24)18-14-11-16-20-22-21-18/h11,14,16-17,22H,2-10,12-13,15H2,1H3,(H,23,24). The van der Waals surface area contributed by atoms with Gasteiger partial charge in [-0.25, -0.2) is 0 Å². The topological polar surface area (TPSA) is 74.0 Å². The molecule has 0 aliphatic carbocycles. The van der Waals surface area contributed by atoms with E-state index in [4.69, 9.17) is 5.11 Å². The van der Waals surface area contributed by atoms with Crippen LogP contribution in [0.1, 0.15) is 84.0 Å². The van der Waals surface area contributed by atoms with Crippen LogP contribution in [0.2, 0.25) is 0 Å². The molecule has 1 atom stereocenters. The lowest BCUT2D eigenvalue weighted by Gasteiger charge is -2.16. The van der Waals surface area contributed by atoms with Crippen LogP contribution in [0.25, 0.3) is 0 Å². The van der Waals surface area contributed by atoms with Crippen molar-refractivity contribution >= 4 is 17.9 Å². The third-order valence-electron chi connectivity index (χ3n) is 4.43. The molecule has 0 saturated heterocycles. The van der Waals surface area contributed by atoms with E-state index in [1.165, 1.54) is 44.9 Å². The first-order valence-corrected chi connectivity index (χ1v) is 9.48. The molecule has 0 saturated carbocycles. The van der Waals surface area contributed by atoms with Gasteiger partial charge in [-0.3, -0.25) is 4.79 Å². The summed E-state index contributed by atoms with van der Waals surface area (Å²) in [5, 5.41) is 17.0. The van der Waals surface area contributed by atoms with Gasteiger partial charge >= 0.3 is 5.97 Å². The lowest BCUT2D eigenvalue weighted by molar-refractivity contribution is -0.137. The van der Waals surface area contributed by atoms with E-state index in [0.29, 0.717) is 5.92 Å². The number of nitrogens with one attached hydrogen (secondary N) is 1. The Kier molecular flexibility index (Phi) is 11.7. The van der Waals surface area contributed by atoms with Gasteiger partial charge in [-0.15, -0.1) is 0 Å². The van der Waals surface area contributed by atoms with Crippen molar-refractivity contribution in [3.8, 4) is 0 Å². The molecule has 1 aliphatic rings. The predicted molar refractivity (Wildman–Crippen MR) is 100 cm³/mol. The van der Waals surface area contributed by atoms with Gasteiger partial charge in [-0.1, -0.05) is 58.3 Å². The summed E-state index contributed by atoms with van der Waals surface area (Å²) >= 11 is 0. The highest BCUT2D eigenvalue weighted by Crippen LogP contribution is 2.21. The summed E-state index contributed by atoms with van der Waals surface area (Å²) in [5.74, 6) is -0.319. The minimum atomic E-state index is -0.708. The molecule has 136 valence electrons. The SMILES string of the molecule is CCCCCCCCCC(CCCCC(=O)O)C1=NNN=CC=C1. The van der Waals surface area contributed by atoms with Crippen molar-refractivity contribution < 1.29 is 9.90 Å². The van der Waals surface area contributed by atoms with E-state index in [2.05, 4.69) is 22.7 Å². The number of hydrazone groups is 2. The number of unbranched alkanes of at least 4 members (excludes halogenated alkanes) is 7. The molecule has 2 N–H and O–H groups in total. The largest absolute Gasteiger partial charge is 0.481 e. The molecule has 0 aromatic rings. The second kappa shape index (κ2) is 13.8. The highest BCUT2D eigenvalue weighted by molar-refractivity contribution is 5.99. The quantitative estimate of drug-likeness (QED) is 0.444. The number of rotatable bonds is 14. The average Bonchev–Trinajstić information content (AvgIpc) is 2.85. The van der Waals surface area contributed by atoms with Crippen molar-refractivity contribution in [2.45, 2.75) is 84.0 Å². The Hall–Kier alpha value is -1.65. The molecule has 0 fully saturated rings. The number of carboxylic acid groups (broad SMARTS) is 1. The molecule has 1 rings (SSSR count). The number of hydrogen-bond donors (Lipinski definition) is 2. The Morgan fingerprint density at radius 1 is 1.08 bits per heavy atom. The summed E-state index contributed by atoms with van der Waals surface area (Å²) in [5.41, 5.74) is 3.75. The Labute approximate surface area is 146 Å². The lowest BCUT2D eigenvalue weighted by atomic mass is 9.90. The number of carbonyl (C=O) groups is 1. The molecule has 5 nitrogen and oxygen atoms in total. The molecule has 1 heterocycles. The van der Waals surface area contributed by atoms with Gasteiger partial charge in [0.15, 0.2) is 0 Å². The van der Waals surface area contributed by atoms with Crippen LogP contribution in [0.3, 0.4) is 0 Å². The van der Waals surface area contributed by atoms with Crippen LogP contribution in [0.15, 0.2) is 22.4 Å². The Morgan fingerprint density at radius 3 is 2.46 bits per heavy atom. The Bertz CT molecular complexity index is 430. The zero-order chi connectivity index (χ0) is 17.5. The van der Waals surface area contributed by atoms with Crippen molar-refractivity contribution in [1.29, 1.82) is 0 Å². The first kappa shape index (κ1) is 20.4. The van der Waals surface area contributed by atoms with E-state index < -0.39 is 5.97 Å². The molecule has 5 heteroatoms. The minimum absolute atomic E-state index is 0.258. The number of aliphatic carboxylic acids is 1. The summed E-state index contributed by atoms with van der Waals surface area (Å²) < 4.78 is 0. The van der Waals surface area contributed by atoms with E-state index in [1.54, 1.807) is 6.21 Å². The van der Waals surface area contributed by atoms with Crippen LogP contribution in [-0.4, -0.2) is 23.0 Å². The number of nitrogens with zero attached hydrogens (tertiary/aromatic N) is 2. The molecule has 0 aromatic heterocycles. The molecular weight excluding hydrogens is 302 g/mol. The highest BCUT2D eigenvalue weighted by Gasteiger charge is 2.15. The fourth-order valence-corrected chi connectivity index (χ4v) is 3.02. The second-order valence-corrected chi connectivity index (χ2v) is 6.52. The Morgan fingerprint density at radius 2 is 1.75 bits per heavy atom. The van der Waals surface area contributed by atoms with Gasteiger partial charge in [-0.2, -0.15) is 15.7 Å². The zero-order valence-electron chi connectivity index (χ0n) is 15.0. The molecule has 1 unspecified atom stereocenters. The van der Waals surface area contributed by atoms with E-state index in [0.717, 1.165) is 31.4 Å². The third kappa shape index (κ3) is 10.2. The van der Waals surface area contributed by atoms with Gasteiger partial charge in [-0.05, 0) is 31.4 Å². The van der Waals surface area contributed by atoms with Crippen molar-refractivity contribution in [2.24, 2.45) is 16.1 Å². The fraction of sp³-hybridized carbons (Fsp3) is 0.737. The first-order chi connectivity index (χ1) is 11.7. The summed E-state index contributed by atoms with van der Waals surface area (Å²) in [6, 6.07) is 0. The molecule has 1 aliphatic heterocycles. The van der Waals surface area contributed by atoms with E-state index >= 15 is 0 Å². The maximum absolute atomic E-state index is 10.6. The number of carboxylic acids is 1. The molecular formula is C19H33N3O2. The summed E-state index contributed by atoms with van der Waals surface area (Å²) in [4.78, 5) is 10.6. The van der Waals surface area contributed by atoms with Crippen LogP contribution >= 0.6 is 0 Å². The molecule has 0 spiro atoms. The van der Waals surface area contributed by atoms with E-state index in [1.807, 2.05) is 12.2 Å². The molecule has 0 radical (unpaired) electrons. The lowest BCUT2D eigenvalue weighted by Crippen LogP contribution is -2.15. The molecule has 0 amide bonds. The van der Waals surface area contributed by atoms with Crippen molar-refractivity contribution in [2.75, 3.05) is 0 Å². The van der Waals surface area contributed by atoms with Crippen LogP contribution in [0.4, 0.5) is 0 Å². The molecule has 0 aromatic carbocycles. The van der Waals surface area contributed by atoms with Crippen molar-refractivity contribution in [1.82, 2.24) is 5.53 Å². The normalized spacial score (nSPS) is 14.8. The van der Waals surface area contributed by atoms with Gasteiger partial charge in [0.1, 0.15) is 0 Å². The maximum atomic E-state index is 10.6. The van der Waals surface area contributed by atoms with Gasteiger partial charge in [0, 0.05) is 18.6 Å². The summed E-state index contributed by atoms with van der Waals surface area (Å²) in [6.07, 6.45) is 18.8. The Balaban J connectivity index is 2.34. The van der Waals surface area contributed by atoms with Crippen LogP contribution in [0.5, 0.6) is 0 Å². The van der Waals surface area contributed by atoms with Crippen molar-refractivity contribution in [3.63, 3.8) is 0 Å². The van der Waals surface area contributed by atoms with Gasteiger partial charge in [0.2, 0.25) is 0 Å².